The van der Waals surface area contributed by atoms with E-state index < -0.39 is 25.0 Å². The smallest absolute Gasteiger partial charge is 0.330 e. The van der Waals surface area contributed by atoms with E-state index in [9.17, 15) is 4.79 Å². The molecule has 0 amide bonds. The molecule has 0 unspecified atom stereocenters. The Morgan fingerprint density at radius 1 is 0.585 bits per heavy atom. The predicted octanol–water partition coefficient (Wildman–Crippen LogP) is 12.7. The van der Waals surface area contributed by atoms with Crippen LogP contribution in [0.3, 0.4) is 0 Å². The molecule has 4 aromatic rings. The van der Waals surface area contributed by atoms with E-state index in [1.807, 2.05) is 13.0 Å². The largest absolute Gasteiger partial charge is 0.459 e. The molecule has 0 aliphatic rings. The third-order valence-electron chi connectivity index (χ3n) is 14.4. The van der Waals surface area contributed by atoms with Crippen molar-refractivity contribution < 1.29 is 22.8 Å². The first-order chi connectivity index (χ1) is 30.3. The fourth-order valence-corrected chi connectivity index (χ4v) is 19.5. The van der Waals surface area contributed by atoms with Gasteiger partial charge in [-0.3, -0.25) is 0 Å². The summed E-state index contributed by atoms with van der Waals surface area (Å²) in [5.74, 6) is -0.342. The van der Waals surface area contributed by atoms with Gasteiger partial charge in [0.15, 0.2) is 8.32 Å². The standard InChI is InChI=1S/C57H84O5Si3/c1-18-31-43(2)52(40-45(4)47(6)61-64(56(10,11)12,48-32-23-19-24-33-48)49-34-25-20-26-35-49)60-54(58)41-44(3)46(5)53(42-59-63(16,17)55(7,8)9)62-65(57(13,14)15,50-36-27-21-28-37-50)51-38-29-22-30-39-51/h18-30,32-39,41,43,45-47,52-53H,1,31,40,42H2,2-17H3/b44-41-/t43-,45-,46+,47-,52+,53-/m0/s1. The van der Waals surface area contributed by atoms with Crippen molar-refractivity contribution in [3.63, 3.8) is 0 Å². The fourth-order valence-electron chi connectivity index (χ4n) is 8.96. The fraction of sp³-hybridized carbons (Fsp3) is 0.491. The third-order valence-corrected chi connectivity index (χ3v) is 29.1. The Morgan fingerprint density at radius 2 is 0.969 bits per heavy atom. The number of benzene rings is 4. The quantitative estimate of drug-likeness (QED) is 0.0361. The van der Waals surface area contributed by atoms with Gasteiger partial charge in [-0.15, -0.1) is 6.58 Å². The van der Waals surface area contributed by atoms with Crippen LogP contribution in [-0.4, -0.2) is 55.8 Å². The van der Waals surface area contributed by atoms with Gasteiger partial charge < -0.3 is 18.0 Å². The Morgan fingerprint density at radius 3 is 1.32 bits per heavy atom. The number of rotatable bonds is 21. The van der Waals surface area contributed by atoms with Crippen LogP contribution >= 0.6 is 0 Å². The molecule has 0 saturated heterocycles. The summed E-state index contributed by atoms with van der Waals surface area (Å²) in [4.78, 5) is 14.3. The number of esters is 1. The number of ether oxygens (including phenoxy) is 1. The molecule has 0 radical (unpaired) electrons. The Balaban J connectivity index is 1.69. The predicted molar refractivity (Wildman–Crippen MR) is 284 cm³/mol. The van der Waals surface area contributed by atoms with Gasteiger partial charge in [-0.05, 0) is 87.5 Å². The zero-order chi connectivity index (χ0) is 48.4. The topological polar surface area (TPSA) is 54.0 Å². The van der Waals surface area contributed by atoms with Crippen molar-refractivity contribution in [2.75, 3.05) is 6.61 Å². The van der Waals surface area contributed by atoms with E-state index in [0.29, 0.717) is 13.0 Å². The Kier molecular flexibility index (Phi) is 18.6. The molecule has 0 N–H and O–H groups in total. The molecule has 5 nitrogen and oxygen atoms in total. The average Bonchev–Trinajstić information content (AvgIpc) is 3.25. The molecular formula is C57H84O5Si3. The van der Waals surface area contributed by atoms with Crippen LogP contribution < -0.4 is 20.7 Å². The summed E-state index contributed by atoms with van der Waals surface area (Å²) < 4.78 is 29.0. The second kappa shape index (κ2) is 22.4. The van der Waals surface area contributed by atoms with Gasteiger partial charge in [-0.2, -0.15) is 0 Å². The van der Waals surface area contributed by atoms with Gasteiger partial charge in [0, 0.05) is 18.1 Å². The zero-order valence-electron chi connectivity index (χ0n) is 43.0. The zero-order valence-corrected chi connectivity index (χ0v) is 46.0. The first-order valence-corrected chi connectivity index (χ1v) is 30.8. The molecule has 0 aliphatic carbocycles. The minimum absolute atomic E-state index is 0.0171. The second-order valence-corrected chi connectivity index (χ2v) is 35.6. The SMILES string of the molecule is C=CC[C@H](C)[C@@H](C[C@H](C)[C@H](C)O[Si](c1ccccc1)(c1ccccc1)C(C)(C)C)OC(=O)/C=C(/C)[C@@H](C)[C@H](CO[Si](C)(C)C(C)(C)C)O[Si](c1ccccc1)(c1ccccc1)C(C)(C)C. The van der Waals surface area contributed by atoms with Gasteiger partial charge in [0.1, 0.15) is 6.10 Å². The molecule has 6 atom stereocenters. The van der Waals surface area contributed by atoms with Gasteiger partial charge in [-0.1, -0.05) is 216 Å². The molecule has 0 fully saturated rings. The molecule has 0 saturated carbocycles. The number of carbonyl (C=O) groups excluding carboxylic acids is 1. The summed E-state index contributed by atoms with van der Waals surface area (Å²) in [7, 11) is -7.96. The molecule has 0 aromatic heterocycles. The Labute approximate surface area is 398 Å². The lowest BCUT2D eigenvalue weighted by atomic mass is 9.90. The molecule has 0 aliphatic heterocycles. The molecule has 354 valence electrons. The molecule has 0 spiro atoms. The molecule has 8 heteroatoms. The monoisotopic (exact) mass is 933 g/mol. The number of hydrogen-bond donors (Lipinski definition) is 0. The molecule has 4 rings (SSSR count). The van der Waals surface area contributed by atoms with Crippen LogP contribution in [0.25, 0.3) is 0 Å². The maximum absolute atomic E-state index is 14.3. The summed E-state index contributed by atoms with van der Waals surface area (Å²) in [6.07, 6.45) is 4.22. The average molecular weight is 934 g/mol. The summed E-state index contributed by atoms with van der Waals surface area (Å²) in [6.45, 7) is 40.6. The highest BCUT2D eigenvalue weighted by Crippen LogP contribution is 2.42. The summed E-state index contributed by atoms with van der Waals surface area (Å²) in [5.41, 5.74) is 0.906. The normalized spacial score (nSPS) is 16.2. The lowest BCUT2D eigenvalue weighted by Gasteiger charge is -2.47. The van der Waals surface area contributed by atoms with Crippen LogP contribution in [0.4, 0.5) is 0 Å². The van der Waals surface area contributed by atoms with E-state index in [1.54, 1.807) is 6.08 Å². The minimum atomic E-state index is -2.98. The second-order valence-electron chi connectivity index (χ2n) is 22.2. The van der Waals surface area contributed by atoms with E-state index >= 15 is 0 Å². The van der Waals surface area contributed by atoms with Crippen molar-refractivity contribution in [2.24, 2.45) is 17.8 Å². The van der Waals surface area contributed by atoms with Crippen molar-refractivity contribution in [3.05, 3.63) is 146 Å². The molecule has 0 heterocycles. The van der Waals surface area contributed by atoms with Crippen molar-refractivity contribution in [1.82, 2.24) is 0 Å². The van der Waals surface area contributed by atoms with Gasteiger partial charge >= 0.3 is 5.97 Å². The number of allylic oxidation sites excluding steroid dienone is 1. The van der Waals surface area contributed by atoms with Gasteiger partial charge in [0.05, 0.1) is 12.7 Å². The van der Waals surface area contributed by atoms with E-state index in [1.165, 1.54) is 20.7 Å². The first kappa shape index (κ1) is 54.0. The Hall–Kier alpha value is -3.64. The Bertz CT molecular complexity index is 2020. The summed E-state index contributed by atoms with van der Waals surface area (Å²) in [6, 6.07) is 43.1. The van der Waals surface area contributed by atoms with E-state index in [-0.39, 0.29) is 57.1 Å². The summed E-state index contributed by atoms with van der Waals surface area (Å²) in [5, 5.41) is 4.56. The number of carbonyl (C=O) groups is 1. The van der Waals surface area contributed by atoms with Gasteiger partial charge in [0.2, 0.25) is 0 Å². The molecule has 4 aromatic carbocycles. The van der Waals surface area contributed by atoms with Crippen LogP contribution in [0.2, 0.25) is 28.2 Å². The van der Waals surface area contributed by atoms with Crippen molar-refractivity contribution in [2.45, 2.75) is 156 Å². The molecule has 0 bridgehead atoms. The van der Waals surface area contributed by atoms with Crippen LogP contribution in [0.5, 0.6) is 0 Å². The maximum Gasteiger partial charge on any atom is 0.330 e. The van der Waals surface area contributed by atoms with Crippen molar-refractivity contribution >= 4 is 51.7 Å². The van der Waals surface area contributed by atoms with Crippen LogP contribution in [0.1, 0.15) is 110 Å². The molecule has 65 heavy (non-hydrogen) atoms. The van der Waals surface area contributed by atoms with Gasteiger partial charge in [-0.25, -0.2) is 4.79 Å². The van der Waals surface area contributed by atoms with Crippen LogP contribution in [0.15, 0.2) is 146 Å². The van der Waals surface area contributed by atoms with Crippen LogP contribution in [0, 0.1) is 17.8 Å². The lowest BCUT2D eigenvalue weighted by Crippen LogP contribution is -2.68. The first-order valence-electron chi connectivity index (χ1n) is 24.0. The van der Waals surface area contributed by atoms with E-state index in [4.69, 9.17) is 18.0 Å². The number of hydrogen-bond acceptors (Lipinski definition) is 5. The highest BCUT2D eigenvalue weighted by molar-refractivity contribution is 7.00. The van der Waals surface area contributed by atoms with E-state index in [2.05, 4.69) is 231 Å². The molecular weight excluding hydrogens is 849 g/mol. The summed E-state index contributed by atoms with van der Waals surface area (Å²) >= 11 is 0. The maximum atomic E-state index is 14.3. The van der Waals surface area contributed by atoms with Crippen molar-refractivity contribution in [3.8, 4) is 0 Å². The van der Waals surface area contributed by atoms with Crippen molar-refractivity contribution in [1.29, 1.82) is 0 Å². The van der Waals surface area contributed by atoms with Gasteiger partial charge in [0.25, 0.3) is 16.6 Å². The highest BCUT2D eigenvalue weighted by atomic mass is 28.4. The van der Waals surface area contributed by atoms with Crippen LogP contribution in [-0.2, 0) is 22.8 Å². The lowest BCUT2D eigenvalue weighted by molar-refractivity contribution is -0.147. The van der Waals surface area contributed by atoms with E-state index in [0.717, 1.165) is 12.0 Å². The minimum Gasteiger partial charge on any atom is -0.459 e. The highest BCUT2D eigenvalue weighted by Gasteiger charge is 2.53. The third kappa shape index (κ3) is 12.9.